The molecule has 2 aliphatic heterocycles. The van der Waals surface area contributed by atoms with Crippen molar-refractivity contribution in [1.29, 1.82) is 0 Å². The molecule has 0 saturated heterocycles. The van der Waals surface area contributed by atoms with Gasteiger partial charge in [-0.15, -0.1) is 0 Å². The Morgan fingerprint density at radius 2 is 1.74 bits per heavy atom. The fraction of sp³-hybridized carbons (Fsp3) is 0.286. The average Bonchev–Trinajstić information content (AvgIpc) is 2.92. The number of amides is 3. The summed E-state index contributed by atoms with van der Waals surface area (Å²) >= 11 is 0. The molecule has 2 aromatic carbocycles. The Labute approximate surface area is 157 Å². The molecular weight excluding hydrogens is 344 g/mol. The van der Waals surface area contributed by atoms with Crippen molar-refractivity contribution in [3.63, 3.8) is 0 Å². The van der Waals surface area contributed by atoms with Gasteiger partial charge in [0.2, 0.25) is 5.91 Å². The molecule has 0 radical (unpaired) electrons. The molecule has 0 N–H and O–H groups in total. The van der Waals surface area contributed by atoms with Crippen LogP contribution in [0.2, 0.25) is 0 Å². The number of rotatable bonds is 3. The maximum Gasteiger partial charge on any atom is 0.261 e. The fourth-order valence-corrected chi connectivity index (χ4v) is 4.06. The van der Waals surface area contributed by atoms with Crippen molar-refractivity contribution < 1.29 is 19.1 Å². The van der Waals surface area contributed by atoms with Crippen LogP contribution in [0.15, 0.2) is 42.5 Å². The van der Waals surface area contributed by atoms with E-state index in [1.165, 1.54) is 11.8 Å². The van der Waals surface area contributed by atoms with Crippen LogP contribution in [0.5, 0.6) is 5.75 Å². The van der Waals surface area contributed by atoms with Crippen molar-refractivity contribution in [2.75, 3.05) is 20.2 Å². The summed E-state index contributed by atoms with van der Waals surface area (Å²) in [6.45, 7) is 2.17. The zero-order valence-corrected chi connectivity index (χ0v) is 15.3. The largest absolute Gasteiger partial charge is 0.496 e. The third-order valence-electron chi connectivity index (χ3n) is 5.37. The number of ether oxygens (including phenoxy) is 1. The van der Waals surface area contributed by atoms with E-state index < -0.39 is 0 Å². The van der Waals surface area contributed by atoms with Crippen LogP contribution in [0.3, 0.4) is 0 Å². The summed E-state index contributed by atoms with van der Waals surface area (Å²) in [4.78, 5) is 40.8. The van der Waals surface area contributed by atoms with Gasteiger partial charge in [-0.3, -0.25) is 19.3 Å². The number of hydrogen-bond acceptors (Lipinski definition) is 4. The first kappa shape index (κ1) is 17.3. The molecule has 0 aliphatic carbocycles. The van der Waals surface area contributed by atoms with E-state index >= 15 is 0 Å². The van der Waals surface area contributed by atoms with Crippen LogP contribution >= 0.6 is 0 Å². The van der Waals surface area contributed by atoms with Gasteiger partial charge in [0.1, 0.15) is 5.75 Å². The second kappa shape index (κ2) is 6.54. The maximum absolute atomic E-state index is 12.8. The molecule has 2 aliphatic rings. The Balaban J connectivity index is 1.73. The first-order valence-corrected chi connectivity index (χ1v) is 8.91. The number of fused-ring (bicyclic) bond motifs is 2. The predicted molar refractivity (Wildman–Crippen MR) is 98.6 cm³/mol. The van der Waals surface area contributed by atoms with Crippen molar-refractivity contribution >= 4 is 17.7 Å². The maximum atomic E-state index is 12.8. The van der Waals surface area contributed by atoms with E-state index in [0.29, 0.717) is 24.1 Å². The lowest BCUT2D eigenvalue weighted by atomic mass is 9.91. The molecule has 0 saturated carbocycles. The number of imide groups is 1. The summed E-state index contributed by atoms with van der Waals surface area (Å²) in [5.41, 5.74) is 2.78. The second-order valence-corrected chi connectivity index (χ2v) is 6.77. The predicted octanol–water partition coefficient (Wildman–Crippen LogP) is 2.44. The van der Waals surface area contributed by atoms with E-state index in [2.05, 4.69) is 0 Å². The summed E-state index contributed by atoms with van der Waals surface area (Å²) in [7, 11) is 1.62. The SMILES string of the molecule is COc1cccc2c1CCN(C(C)=O)C2CN1C(=O)c2ccccc2C1=O. The zero-order valence-electron chi connectivity index (χ0n) is 15.3. The zero-order chi connectivity index (χ0) is 19.1. The van der Waals surface area contributed by atoms with Crippen LogP contribution in [0.25, 0.3) is 0 Å². The Bertz CT molecular complexity index is 918. The summed E-state index contributed by atoms with van der Waals surface area (Å²) in [6, 6.07) is 12.1. The van der Waals surface area contributed by atoms with Crippen molar-refractivity contribution in [2.45, 2.75) is 19.4 Å². The lowest BCUT2D eigenvalue weighted by Gasteiger charge is -2.38. The number of methoxy groups -OCH3 is 1. The van der Waals surface area contributed by atoms with Crippen LogP contribution in [-0.4, -0.2) is 47.7 Å². The number of carbonyl (C=O) groups excluding carboxylic acids is 3. The molecular formula is C21H20N2O4. The Kier molecular flexibility index (Phi) is 4.18. The van der Waals surface area contributed by atoms with Gasteiger partial charge in [0.05, 0.1) is 30.8 Å². The smallest absolute Gasteiger partial charge is 0.261 e. The molecule has 0 bridgehead atoms. The molecule has 0 aromatic heterocycles. The van der Waals surface area contributed by atoms with Gasteiger partial charge < -0.3 is 9.64 Å². The number of hydrogen-bond donors (Lipinski definition) is 0. The number of carbonyl (C=O) groups is 3. The molecule has 2 heterocycles. The van der Waals surface area contributed by atoms with Crippen molar-refractivity contribution in [3.8, 4) is 5.75 Å². The molecule has 6 heteroatoms. The number of nitrogens with zero attached hydrogens (tertiary/aromatic N) is 2. The second-order valence-electron chi connectivity index (χ2n) is 6.77. The molecule has 27 heavy (non-hydrogen) atoms. The topological polar surface area (TPSA) is 66.9 Å². The highest BCUT2D eigenvalue weighted by atomic mass is 16.5. The van der Waals surface area contributed by atoms with Crippen molar-refractivity contribution in [3.05, 3.63) is 64.7 Å². The lowest BCUT2D eigenvalue weighted by molar-refractivity contribution is -0.132. The summed E-state index contributed by atoms with van der Waals surface area (Å²) < 4.78 is 5.47. The molecule has 1 unspecified atom stereocenters. The Morgan fingerprint density at radius 3 is 2.33 bits per heavy atom. The average molecular weight is 364 g/mol. The molecule has 6 nitrogen and oxygen atoms in total. The van der Waals surface area contributed by atoms with Gasteiger partial charge in [0, 0.05) is 19.0 Å². The minimum atomic E-state index is -0.386. The molecule has 2 aromatic rings. The van der Waals surface area contributed by atoms with Crippen LogP contribution in [-0.2, 0) is 11.2 Å². The van der Waals surface area contributed by atoms with Gasteiger partial charge in [-0.1, -0.05) is 24.3 Å². The van der Waals surface area contributed by atoms with Crippen LogP contribution < -0.4 is 4.74 Å². The highest BCUT2D eigenvalue weighted by Crippen LogP contribution is 2.37. The minimum absolute atomic E-state index is 0.0786. The Hall–Kier alpha value is -3.15. The quantitative estimate of drug-likeness (QED) is 0.785. The third-order valence-corrected chi connectivity index (χ3v) is 5.37. The molecule has 1 atom stereocenters. The molecule has 138 valence electrons. The summed E-state index contributed by atoms with van der Waals surface area (Å²) in [6.07, 6.45) is 0.678. The lowest BCUT2D eigenvalue weighted by Crippen LogP contribution is -2.45. The van der Waals surface area contributed by atoms with Crippen molar-refractivity contribution in [1.82, 2.24) is 9.80 Å². The van der Waals surface area contributed by atoms with Crippen molar-refractivity contribution in [2.24, 2.45) is 0 Å². The first-order valence-electron chi connectivity index (χ1n) is 8.91. The molecule has 0 spiro atoms. The third kappa shape index (κ3) is 2.68. The van der Waals surface area contributed by atoms with Gasteiger partial charge in [-0.2, -0.15) is 0 Å². The van der Waals surface area contributed by atoms with Gasteiger partial charge in [0.25, 0.3) is 11.8 Å². The van der Waals surface area contributed by atoms with Gasteiger partial charge >= 0.3 is 0 Å². The number of benzene rings is 2. The van der Waals surface area contributed by atoms with E-state index in [4.69, 9.17) is 4.74 Å². The van der Waals surface area contributed by atoms with Gasteiger partial charge in [0.15, 0.2) is 0 Å². The Morgan fingerprint density at radius 1 is 1.07 bits per heavy atom. The van der Waals surface area contributed by atoms with Crippen LogP contribution in [0.1, 0.15) is 44.8 Å². The first-order chi connectivity index (χ1) is 13.0. The van der Waals surface area contributed by atoms with Crippen LogP contribution in [0.4, 0.5) is 0 Å². The highest BCUT2D eigenvalue weighted by Gasteiger charge is 2.40. The standard InChI is InChI=1S/C21H20N2O4/c1-13(24)22-11-10-15-14(8-5-9-19(15)27-2)18(22)12-23-20(25)16-6-3-4-7-17(16)21(23)26/h3-9,18H,10-12H2,1-2H3. The van der Waals surface area contributed by atoms with Gasteiger partial charge in [-0.25, -0.2) is 0 Å². The minimum Gasteiger partial charge on any atom is -0.496 e. The van der Waals surface area contributed by atoms with E-state index in [9.17, 15) is 14.4 Å². The normalized spacial score (nSPS) is 18.4. The molecule has 3 amide bonds. The van der Waals surface area contributed by atoms with Crippen LogP contribution in [0, 0.1) is 0 Å². The monoisotopic (exact) mass is 364 g/mol. The van der Waals surface area contributed by atoms with E-state index in [1.807, 2.05) is 18.2 Å². The summed E-state index contributed by atoms with van der Waals surface area (Å²) in [5.74, 6) is 0.0661. The summed E-state index contributed by atoms with van der Waals surface area (Å²) in [5, 5.41) is 0. The van der Waals surface area contributed by atoms with E-state index in [-0.39, 0.29) is 30.3 Å². The van der Waals surface area contributed by atoms with Gasteiger partial charge in [-0.05, 0) is 30.2 Å². The van der Waals surface area contributed by atoms with E-state index in [1.54, 1.807) is 36.3 Å². The van der Waals surface area contributed by atoms with E-state index in [0.717, 1.165) is 16.9 Å². The highest BCUT2D eigenvalue weighted by molar-refractivity contribution is 6.21. The molecule has 0 fully saturated rings. The fourth-order valence-electron chi connectivity index (χ4n) is 4.06. The molecule has 4 rings (SSSR count).